The topological polar surface area (TPSA) is 112 Å². The fraction of sp³-hybridized carbons (Fsp3) is 0.308. The second kappa shape index (κ2) is 15.3. The van der Waals surface area contributed by atoms with Gasteiger partial charge in [-0.2, -0.15) is 0 Å². The van der Waals surface area contributed by atoms with Crippen molar-refractivity contribution in [1.82, 2.24) is 4.98 Å². The zero-order valence-corrected chi connectivity index (χ0v) is 22.6. The predicted octanol–water partition coefficient (Wildman–Crippen LogP) is 6.90. The molecule has 0 amide bonds. The predicted molar refractivity (Wildman–Crippen MR) is 147 cm³/mol. The number of rotatable bonds is 8. The van der Waals surface area contributed by atoms with Crippen molar-refractivity contribution in [1.29, 1.82) is 5.41 Å². The van der Waals surface area contributed by atoms with Crippen LogP contribution in [0, 0.1) is 17.0 Å². The van der Waals surface area contributed by atoms with Crippen molar-refractivity contribution >= 4 is 39.8 Å². The van der Waals surface area contributed by atoms with Crippen molar-refractivity contribution < 1.29 is 18.1 Å². The summed E-state index contributed by atoms with van der Waals surface area (Å²) in [7, 11) is -1.57. The van der Waals surface area contributed by atoms with Crippen LogP contribution in [0.4, 0.5) is 20.3 Å². The maximum absolute atomic E-state index is 15.0. The van der Waals surface area contributed by atoms with Gasteiger partial charge in [0.1, 0.15) is 28.7 Å². The number of pyridine rings is 1. The molecule has 0 aliphatic heterocycles. The van der Waals surface area contributed by atoms with Crippen LogP contribution in [0.3, 0.4) is 0 Å². The van der Waals surface area contributed by atoms with Crippen LogP contribution in [0.5, 0.6) is 0 Å². The van der Waals surface area contributed by atoms with E-state index in [4.69, 9.17) is 22.7 Å². The van der Waals surface area contributed by atoms with Crippen LogP contribution in [0.15, 0.2) is 48.7 Å². The molecule has 36 heavy (non-hydrogen) atoms. The van der Waals surface area contributed by atoms with Gasteiger partial charge in [0.2, 0.25) is 0 Å². The van der Waals surface area contributed by atoms with E-state index in [-0.39, 0.29) is 22.8 Å². The van der Waals surface area contributed by atoms with Crippen LogP contribution in [0.2, 0.25) is 5.02 Å². The molecule has 5 N–H and O–H groups in total. The molecule has 0 aliphatic rings. The van der Waals surface area contributed by atoms with Gasteiger partial charge in [0.25, 0.3) is 0 Å². The van der Waals surface area contributed by atoms with E-state index in [1.54, 1.807) is 24.3 Å². The number of nitrogens with one attached hydrogen (secondary N) is 2. The zero-order valence-electron chi connectivity index (χ0n) is 21.0. The monoisotopic (exact) mass is 538 g/mol. The first kappa shape index (κ1) is 31.2. The summed E-state index contributed by atoms with van der Waals surface area (Å²) in [5.74, 6) is -1.99. The average molecular weight is 539 g/mol. The lowest BCUT2D eigenvalue weighted by atomic mass is 9.96. The molecule has 2 atom stereocenters. The highest BCUT2D eigenvalue weighted by Gasteiger charge is 2.27. The van der Waals surface area contributed by atoms with Crippen molar-refractivity contribution in [3.8, 4) is 11.1 Å². The third-order valence-corrected chi connectivity index (χ3v) is 6.15. The van der Waals surface area contributed by atoms with Crippen molar-refractivity contribution in [3.05, 3.63) is 76.4 Å². The summed E-state index contributed by atoms with van der Waals surface area (Å²) >= 11 is 5.91. The Labute approximate surface area is 219 Å². The molecule has 2 aromatic carbocycles. The molecule has 1 aromatic heterocycles. The Morgan fingerprint density at radius 2 is 1.75 bits per heavy atom. The summed E-state index contributed by atoms with van der Waals surface area (Å²) in [4.78, 5) is 4.05. The first-order chi connectivity index (χ1) is 17.2. The van der Waals surface area contributed by atoms with Crippen molar-refractivity contribution in [2.75, 3.05) is 16.2 Å². The first-order valence-corrected chi connectivity index (χ1v) is 13.3. The Morgan fingerprint density at radius 3 is 2.33 bits per heavy atom. The smallest absolute Gasteiger partial charge is 0.156 e. The highest BCUT2D eigenvalue weighted by Crippen LogP contribution is 2.31. The summed E-state index contributed by atoms with van der Waals surface area (Å²) in [6.45, 7) is 9.81. The van der Waals surface area contributed by atoms with E-state index in [9.17, 15) is 18.1 Å². The number of aliphatic hydroxyl groups excluding tert-OH is 1. The zero-order chi connectivity index (χ0) is 27.4. The molecule has 0 radical (unpaired) electrons. The van der Waals surface area contributed by atoms with Crippen LogP contribution in [-0.4, -0.2) is 25.8 Å². The number of hydrogen-bond donors (Lipinski definition) is 4. The summed E-state index contributed by atoms with van der Waals surface area (Å²) in [5.41, 5.74) is 5.71. The van der Waals surface area contributed by atoms with Crippen molar-refractivity contribution in [2.24, 2.45) is 0 Å². The number of aliphatic hydroxyl groups is 1. The van der Waals surface area contributed by atoms with E-state index in [2.05, 4.69) is 9.71 Å². The van der Waals surface area contributed by atoms with E-state index < -0.39 is 40.0 Å². The van der Waals surface area contributed by atoms with Crippen LogP contribution >= 0.6 is 11.6 Å². The van der Waals surface area contributed by atoms with Gasteiger partial charge in [-0.25, -0.2) is 18.0 Å². The number of aromatic nitrogens is 1. The van der Waals surface area contributed by atoms with Gasteiger partial charge in [-0.05, 0) is 42.3 Å². The van der Waals surface area contributed by atoms with Crippen LogP contribution in [0.1, 0.15) is 58.3 Å². The number of hydrogen-bond acceptors (Lipinski definition) is 5. The Balaban J connectivity index is 0.00000154. The summed E-state index contributed by atoms with van der Waals surface area (Å²) < 4.78 is 43.8. The largest absolute Gasteiger partial charge is 0.383 e. The molecule has 3 rings (SSSR count). The fourth-order valence-electron chi connectivity index (χ4n) is 3.04. The van der Waals surface area contributed by atoms with Crippen molar-refractivity contribution in [3.63, 3.8) is 0 Å². The Bertz CT molecular complexity index is 1180. The molecule has 0 bridgehead atoms. The Morgan fingerprint density at radius 1 is 1.14 bits per heavy atom. The molecule has 6 nitrogen and oxygen atoms in total. The standard InChI is InChI=1S/C22H21ClF2N4O2S.2C2H6/c1-2-9-32(31)29-17-8-7-16(24)18(19(17)25)21(30)20(26)15-10-13(11-28-22(15)27)12-3-5-14(23)6-4-12;2*1-2/h3-8,10-11,21,26,29-30H,2,9H2,1H3,(H2,27,28);2*1-2H3. The van der Waals surface area contributed by atoms with Crippen LogP contribution < -0.4 is 10.5 Å². The van der Waals surface area contributed by atoms with Gasteiger partial charge in [-0.3, -0.25) is 0 Å². The maximum Gasteiger partial charge on any atom is 0.156 e. The van der Waals surface area contributed by atoms with Gasteiger partial charge >= 0.3 is 0 Å². The highest BCUT2D eigenvalue weighted by molar-refractivity contribution is 7.86. The Kier molecular flexibility index (Phi) is 13.2. The first-order valence-electron chi connectivity index (χ1n) is 11.6. The third kappa shape index (κ3) is 7.81. The minimum atomic E-state index is -1.97. The molecule has 3 aromatic rings. The molecular formula is C26H33ClF2N4O2S. The molecule has 0 saturated heterocycles. The number of benzene rings is 2. The normalized spacial score (nSPS) is 11.8. The van der Waals surface area contributed by atoms with E-state index in [1.165, 1.54) is 12.3 Å². The number of nitrogens with zero attached hydrogens (tertiary/aromatic N) is 1. The number of nitrogen functional groups attached to an aromatic ring is 1. The van der Waals surface area contributed by atoms with Gasteiger partial charge < -0.3 is 21.0 Å². The number of anilines is 2. The molecule has 0 fully saturated rings. The van der Waals surface area contributed by atoms with Crippen molar-refractivity contribution in [2.45, 2.75) is 47.1 Å². The average Bonchev–Trinajstić information content (AvgIpc) is 2.89. The second-order valence-electron chi connectivity index (χ2n) is 6.95. The molecule has 0 aliphatic carbocycles. The van der Waals surface area contributed by atoms with Gasteiger partial charge in [0.05, 0.1) is 17.0 Å². The van der Waals surface area contributed by atoms with Gasteiger partial charge in [0.15, 0.2) is 5.82 Å². The van der Waals surface area contributed by atoms with Gasteiger partial charge in [0, 0.05) is 28.1 Å². The van der Waals surface area contributed by atoms with Gasteiger partial charge in [-0.15, -0.1) is 0 Å². The summed E-state index contributed by atoms with van der Waals surface area (Å²) in [6.07, 6.45) is 0.107. The second-order valence-corrected chi connectivity index (χ2v) is 8.69. The molecule has 1 heterocycles. The minimum Gasteiger partial charge on any atom is -0.383 e. The molecule has 2 unspecified atom stereocenters. The van der Waals surface area contributed by atoms with Gasteiger partial charge in [-0.1, -0.05) is 58.4 Å². The van der Waals surface area contributed by atoms with E-state index in [0.717, 1.165) is 17.7 Å². The Hall–Kier alpha value is -2.88. The third-order valence-electron chi connectivity index (χ3n) is 4.67. The van der Waals surface area contributed by atoms with E-state index >= 15 is 0 Å². The lowest BCUT2D eigenvalue weighted by Gasteiger charge is -2.18. The quantitative estimate of drug-likeness (QED) is 0.234. The molecule has 0 saturated carbocycles. The highest BCUT2D eigenvalue weighted by atomic mass is 35.5. The summed E-state index contributed by atoms with van der Waals surface area (Å²) in [5, 5.41) is 19.6. The minimum absolute atomic E-state index is 0.0247. The molecular weight excluding hydrogens is 506 g/mol. The molecule has 196 valence electrons. The molecule has 10 heteroatoms. The van der Waals surface area contributed by atoms with Crippen LogP contribution in [0.25, 0.3) is 11.1 Å². The lowest BCUT2D eigenvalue weighted by Crippen LogP contribution is -2.19. The van der Waals surface area contributed by atoms with E-state index in [1.807, 2.05) is 34.6 Å². The SMILES string of the molecule is CC.CC.CCCS(=O)Nc1ccc(F)c(C(O)C(=N)c2cc(-c3ccc(Cl)cc3)cnc2N)c1F. The van der Waals surface area contributed by atoms with E-state index in [0.29, 0.717) is 17.0 Å². The number of halogens is 3. The fourth-order valence-corrected chi connectivity index (χ4v) is 4.04. The lowest BCUT2D eigenvalue weighted by molar-refractivity contribution is 0.235. The van der Waals surface area contributed by atoms with Crippen LogP contribution in [-0.2, 0) is 11.0 Å². The maximum atomic E-state index is 15.0. The molecule has 0 spiro atoms. The summed E-state index contributed by atoms with van der Waals surface area (Å²) in [6, 6.07) is 10.4. The number of nitrogens with two attached hydrogens (primary N) is 1.